The number of rotatable bonds is 1. The summed E-state index contributed by atoms with van der Waals surface area (Å²) in [5.74, 6) is -1.27. The lowest BCUT2D eigenvalue weighted by Crippen LogP contribution is -2.29. The van der Waals surface area contributed by atoms with Gasteiger partial charge in [-0.25, -0.2) is 18.5 Å². The highest BCUT2D eigenvalue weighted by atomic mass is 19.1. The first-order chi connectivity index (χ1) is 9.74. The Morgan fingerprint density at radius 2 is 1.90 bits per heavy atom. The van der Waals surface area contributed by atoms with Crippen LogP contribution in [0.25, 0.3) is 10.9 Å². The van der Waals surface area contributed by atoms with E-state index in [1.165, 1.54) is 31.4 Å². The number of carbonyl (C=O) groups excluding carboxylic acids is 2. The molecule has 2 aromatic rings. The number of nitrogens with zero attached hydrogens (tertiary/aromatic N) is 1. The molecule has 112 valence electrons. The minimum absolute atomic E-state index is 0.0770. The molecule has 0 bridgehead atoms. The average Bonchev–Trinajstić information content (AvgIpc) is 2.76. The van der Waals surface area contributed by atoms with E-state index in [4.69, 9.17) is 4.74 Å². The lowest BCUT2D eigenvalue weighted by molar-refractivity contribution is 0.0490. The summed E-state index contributed by atoms with van der Waals surface area (Å²) in [4.78, 5) is 24.1. The zero-order chi connectivity index (χ0) is 15.8. The molecular weight excluding hydrogens is 277 g/mol. The number of fused-ring (bicyclic) bond motifs is 1. The summed E-state index contributed by atoms with van der Waals surface area (Å²) in [7, 11) is 1.19. The lowest BCUT2D eigenvalue weighted by atomic mass is 10.2. The SMILES string of the molecule is COC(=O)c1cc2c(F)cccc2n1C(=O)OC(C)(C)C. The van der Waals surface area contributed by atoms with Crippen LogP contribution < -0.4 is 0 Å². The molecule has 0 aliphatic carbocycles. The minimum atomic E-state index is -0.761. The monoisotopic (exact) mass is 293 g/mol. The van der Waals surface area contributed by atoms with Crippen LogP contribution in [0.4, 0.5) is 9.18 Å². The number of aromatic nitrogens is 1. The van der Waals surface area contributed by atoms with Crippen molar-refractivity contribution in [3.63, 3.8) is 0 Å². The van der Waals surface area contributed by atoms with E-state index in [0.717, 1.165) is 4.57 Å². The summed E-state index contributed by atoms with van der Waals surface area (Å²) >= 11 is 0. The second-order valence-corrected chi connectivity index (χ2v) is 5.51. The fourth-order valence-electron chi connectivity index (χ4n) is 1.95. The molecule has 1 heterocycles. The Kier molecular flexibility index (Phi) is 3.72. The topological polar surface area (TPSA) is 57.5 Å². The van der Waals surface area contributed by atoms with Gasteiger partial charge < -0.3 is 9.47 Å². The van der Waals surface area contributed by atoms with Gasteiger partial charge in [0.2, 0.25) is 0 Å². The zero-order valence-corrected chi connectivity index (χ0v) is 12.3. The standard InChI is InChI=1S/C15H16FNO4/c1-15(2,3)21-14(19)17-11-7-5-6-10(16)9(11)8-12(17)13(18)20-4/h5-8H,1-4H3. The fraction of sp³-hybridized carbons (Fsp3) is 0.333. The Hall–Kier alpha value is -2.37. The van der Waals surface area contributed by atoms with Gasteiger partial charge in [0.15, 0.2) is 0 Å². The first-order valence-corrected chi connectivity index (χ1v) is 6.36. The van der Waals surface area contributed by atoms with Gasteiger partial charge in [0.25, 0.3) is 0 Å². The molecule has 5 nitrogen and oxygen atoms in total. The first-order valence-electron chi connectivity index (χ1n) is 6.36. The van der Waals surface area contributed by atoms with Crippen molar-refractivity contribution in [3.05, 3.63) is 35.8 Å². The smallest absolute Gasteiger partial charge is 0.419 e. The van der Waals surface area contributed by atoms with Crippen LogP contribution in [0.3, 0.4) is 0 Å². The third-order valence-corrected chi connectivity index (χ3v) is 2.76. The minimum Gasteiger partial charge on any atom is -0.464 e. The molecule has 6 heteroatoms. The predicted octanol–water partition coefficient (Wildman–Crippen LogP) is 3.35. The summed E-state index contributed by atoms with van der Waals surface area (Å²) in [5, 5.41) is 0.156. The van der Waals surface area contributed by atoms with Gasteiger partial charge in [-0.1, -0.05) is 6.07 Å². The Balaban J connectivity index is 2.66. The van der Waals surface area contributed by atoms with Crippen LogP contribution >= 0.6 is 0 Å². The molecule has 0 saturated carbocycles. The fourth-order valence-corrected chi connectivity index (χ4v) is 1.95. The molecule has 0 spiro atoms. The highest BCUT2D eigenvalue weighted by molar-refractivity contribution is 6.01. The Morgan fingerprint density at radius 3 is 2.48 bits per heavy atom. The van der Waals surface area contributed by atoms with Gasteiger partial charge >= 0.3 is 12.1 Å². The summed E-state index contributed by atoms with van der Waals surface area (Å²) in [6.07, 6.45) is -0.761. The largest absolute Gasteiger partial charge is 0.464 e. The second-order valence-electron chi connectivity index (χ2n) is 5.51. The van der Waals surface area contributed by atoms with Crippen LogP contribution in [0.1, 0.15) is 31.3 Å². The molecule has 0 radical (unpaired) electrons. The van der Waals surface area contributed by atoms with Gasteiger partial charge in [-0.15, -0.1) is 0 Å². The van der Waals surface area contributed by atoms with Crippen LogP contribution in [-0.4, -0.2) is 29.3 Å². The molecule has 1 aromatic heterocycles. The highest BCUT2D eigenvalue weighted by Crippen LogP contribution is 2.24. The van der Waals surface area contributed by atoms with Crippen molar-refractivity contribution < 1.29 is 23.5 Å². The third kappa shape index (κ3) is 2.89. The molecule has 0 N–H and O–H groups in total. The van der Waals surface area contributed by atoms with E-state index < -0.39 is 23.5 Å². The summed E-state index contributed by atoms with van der Waals surface area (Å²) in [5.41, 5.74) is -0.564. The highest BCUT2D eigenvalue weighted by Gasteiger charge is 2.26. The Morgan fingerprint density at radius 1 is 1.24 bits per heavy atom. The van der Waals surface area contributed by atoms with Gasteiger partial charge in [0, 0.05) is 5.39 Å². The number of halogens is 1. The van der Waals surface area contributed by atoms with Crippen molar-refractivity contribution in [3.8, 4) is 0 Å². The van der Waals surface area contributed by atoms with Gasteiger partial charge in [0.1, 0.15) is 17.1 Å². The van der Waals surface area contributed by atoms with E-state index >= 15 is 0 Å². The molecule has 0 aliphatic heterocycles. The van der Waals surface area contributed by atoms with Crippen LogP contribution in [0.2, 0.25) is 0 Å². The summed E-state index contributed by atoms with van der Waals surface area (Å²) in [6, 6.07) is 5.53. The van der Waals surface area contributed by atoms with E-state index in [-0.39, 0.29) is 16.6 Å². The van der Waals surface area contributed by atoms with Crippen molar-refractivity contribution in [1.82, 2.24) is 4.57 Å². The molecular formula is C15H16FNO4. The second kappa shape index (κ2) is 5.20. The van der Waals surface area contributed by atoms with Crippen LogP contribution in [0.15, 0.2) is 24.3 Å². The van der Waals surface area contributed by atoms with Crippen molar-refractivity contribution >= 4 is 23.0 Å². The van der Waals surface area contributed by atoms with Gasteiger partial charge in [-0.3, -0.25) is 0 Å². The molecule has 2 rings (SSSR count). The van der Waals surface area contributed by atoms with Gasteiger partial charge in [-0.2, -0.15) is 0 Å². The van der Waals surface area contributed by atoms with E-state index in [1.807, 2.05) is 0 Å². The van der Waals surface area contributed by atoms with Crippen LogP contribution in [0.5, 0.6) is 0 Å². The molecule has 0 amide bonds. The average molecular weight is 293 g/mol. The maximum Gasteiger partial charge on any atom is 0.419 e. The zero-order valence-electron chi connectivity index (χ0n) is 12.3. The number of hydrogen-bond acceptors (Lipinski definition) is 4. The summed E-state index contributed by atoms with van der Waals surface area (Å²) in [6.45, 7) is 5.11. The molecule has 0 saturated heterocycles. The third-order valence-electron chi connectivity index (χ3n) is 2.76. The molecule has 0 fully saturated rings. The van der Waals surface area contributed by atoms with Crippen molar-refractivity contribution in [2.45, 2.75) is 26.4 Å². The van der Waals surface area contributed by atoms with E-state index in [1.54, 1.807) is 20.8 Å². The van der Waals surface area contributed by atoms with Crippen molar-refractivity contribution in [1.29, 1.82) is 0 Å². The normalized spacial score (nSPS) is 11.5. The summed E-state index contributed by atoms with van der Waals surface area (Å²) < 4.78 is 24.7. The molecule has 0 atom stereocenters. The first kappa shape index (κ1) is 15.0. The molecule has 0 aliphatic rings. The van der Waals surface area contributed by atoms with Crippen molar-refractivity contribution in [2.24, 2.45) is 0 Å². The van der Waals surface area contributed by atoms with Crippen molar-refractivity contribution in [2.75, 3.05) is 7.11 Å². The quantitative estimate of drug-likeness (QED) is 0.757. The number of methoxy groups -OCH3 is 1. The van der Waals surface area contributed by atoms with Gasteiger partial charge in [-0.05, 0) is 39.0 Å². The number of benzene rings is 1. The number of esters is 1. The van der Waals surface area contributed by atoms with E-state index in [0.29, 0.717) is 0 Å². The lowest BCUT2D eigenvalue weighted by Gasteiger charge is -2.20. The predicted molar refractivity (Wildman–Crippen MR) is 74.9 cm³/mol. The van der Waals surface area contributed by atoms with Crippen LogP contribution in [-0.2, 0) is 9.47 Å². The maximum absolute atomic E-state index is 13.8. The molecule has 1 aromatic carbocycles. The molecule has 0 unspecified atom stereocenters. The van der Waals surface area contributed by atoms with E-state index in [2.05, 4.69) is 4.74 Å². The van der Waals surface area contributed by atoms with Gasteiger partial charge in [0.05, 0.1) is 12.6 Å². The number of ether oxygens (including phenoxy) is 2. The Bertz CT molecular complexity index is 712. The van der Waals surface area contributed by atoms with Crippen LogP contribution in [0, 0.1) is 5.82 Å². The molecule has 21 heavy (non-hydrogen) atoms. The number of carbonyl (C=O) groups is 2. The maximum atomic E-state index is 13.8. The Labute approximate surface area is 121 Å². The van der Waals surface area contributed by atoms with E-state index in [9.17, 15) is 14.0 Å². The number of hydrogen-bond donors (Lipinski definition) is 0.